The molecule has 1 amide bonds. The number of aromatic amines is 1. The third-order valence-corrected chi connectivity index (χ3v) is 6.14. The van der Waals surface area contributed by atoms with E-state index in [0.29, 0.717) is 34.5 Å². The van der Waals surface area contributed by atoms with E-state index in [4.69, 9.17) is 16.7 Å². The highest BCUT2D eigenvalue weighted by Crippen LogP contribution is 2.36. The number of nitrogens with zero attached hydrogens (tertiary/aromatic N) is 2. The highest BCUT2D eigenvalue weighted by atomic mass is 35.5. The van der Waals surface area contributed by atoms with Crippen LogP contribution in [0.25, 0.3) is 22.2 Å². The molecule has 2 heterocycles. The van der Waals surface area contributed by atoms with Crippen LogP contribution in [0.5, 0.6) is 0 Å². The van der Waals surface area contributed by atoms with Crippen molar-refractivity contribution >= 4 is 34.4 Å². The number of hydrogen-bond acceptors (Lipinski definition) is 3. The maximum absolute atomic E-state index is 14.9. The number of amides is 1. The number of nitrogens with one attached hydrogen (secondary N) is 2. The largest absolute Gasteiger partial charge is 0.465 e. The lowest BCUT2D eigenvalue weighted by Crippen LogP contribution is -2.10. The van der Waals surface area contributed by atoms with E-state index < -0.39 is 11.9 Å². The summed E-state index contributed by atoms with van der Waals surface area (Å²) in [6.45, 7) is 0. The average Bonchev–Trinajstić information content (AvgIpc) is 3.28. The average molecular weight is 505 g/mol. The summed E-state index contributed by atoms with van der Waals surface area (Å²) in [6.07, 6.45) is 0.705. The number of benzene rings is 3. The van der Waals surface area contributed by atoms with E-state index >= 15 is 0 Å². The summed E-state index contributed by atoms with van der Waals surface area (Å²) in [5, 5.41) is 11.2. The van der Waals surface area contributed by atoms with Crippen LogP contribution in [0.4, 0.5) is 19.3 Å². The summed E-state index contributed by atoms with van der Waals surface area (Å²) in [4.78, 5) is 23.7. The summed E-state index contributed by atoms with van der Waals surface area (Å²) in [5.41, 5.74) is 3.32. The first kappa shape index (κ1) is 23.4. The predicted molar refractivity (Wildman–Crippen MR) is 134 cm³/mol. The molecule has 1 unspecified atom stereocenters. The number of fused-ring (bicyclic) bond motifs is 1. The lowest BCUT2D eigenvalue weighted by Gasteiger charge is -2.16. The Morgan fingerprint density at radius 1 is 1.06 bits per heavy atom. The molecule has 36 heavy (non-hydrogen) atoms. The molecule has 9 heteroatoms. The monoisotopic (exact) mass is 504 g/mol. The number of imidazole rings is 1. The molecular weight excluding hydrogens is 486 g/mol. The summed E-state index contributed by atoms with van der Waals surface area (Å²) in [6, 6.07) is 20.2. The van der Waals surface area contributed by atoms with Crippen LogP contribution in [0.15, 0.2) is 79.0 Å². The summed E-state index contributed by atoms with van der Waals surface area (Å²) in [5.74, 6) is -0.814. The lowest BCUT2D eigenvalue weighted by molar-refractivity contribution is 0.210. The van der Waals surface area contributed by atoms with Gasteiger partial charge in [0, 0.05) is 17.3 Å². The van der Waals surface area contributed by atoms with Crippen LogP contribution in [0.2, 0.25) is 5.02 Å². The van der Waals surface area contributed by atoms with Crippen molar-refractivity contribution in [1.82, 2.24) is 15.0 Å². The number of carbonyl (C=O) groups is 1. The first-order chi connectivity index (χ1) is 17.4. The molecule has 180 valence electrons. The molecule has 0 aliphatic rings. The second-order valence-electron chi connectivity index (χ2n) is 8.21. The van der Waals surface area contributed by atoms with Crippen LogP contribution in [0.1, 0.15) is 23.0 Å². The zero-order valence-corrected chi connectivity index (χ0v) is 19.4. The van der Waals surface area contributed by atoms with Crippen molar-refractivity contribution in [2.45, 2.75) is 12.3 Å². The highest BCUT2D eigenvalue weighted by molar-refractivity contribution is 6.31. The van der Waals surface area contributed by atoms with Crippen LogP contribution in [-0.4, -0.2) is 26.2 Å². The van der Waals surface area contributed by atoms with Crippen LogP contribution >= 0.6 is 11.6 Å². The molecule has 0 saturated carbocycles. The fourth-order valence-electron chi connectivity index (χ4n) is 4.17. The Bertz CT molecular complexity index is 1560. The van der Waals surface area contributed by atoms with Gasteiger partial charge in [-0.25, -0.2) is 18.6 Å². The van der Waals surface area contributed by atoms with Gasteiger partial charge in [-0.15, -0.1) is 0 Å². The number of carboxylic acid groups (broad SMARTS) is 1. The zero-order chi connectivity index (χ0) is 25.2. The molecule has 0 saturated heterocycles. The third kappa shape index (κ3) is 4.76. The van der Waals surface area contributed by atoms with E-state index in [2.05, 4.69) is 20.3 Å². The number of hydrogen-bond donors (Lipinski definition) is 3. The number of aromatic nitrogens is 3. The topological polar surface area (TPSA) is 90.9 Å². The van der Waals surface area contributed by atoms with Gasteiger partial charge in [0.25, 0.3) is 0 Å². The molecule has 6 nitrogen and oxygen atoms in total. The van der Waals surface area contributed by atoms with E-state index in [1.165, 1.54) is 30.5 Å². The van der Waals surface area contributed by atoms with Crippen molar-refractivity contribution in [2.75, 3.05) is 5.32 Å². The van der Waals surface area contributed by atoms with Crippen molar-refractivity contribution in [1.29, 1.82) is 0 Å². The van der Waals surface area contributed by atoms with Gasteiger partial charge in [-0.05, 0) is 48.4 Å². The van der Waals surface area contributed by atoms with E-state index in [-0.39, 0.29) is 28.0 Å². The Kier molecular flexibility index (Phi) is 6.35. The molecule has 0 spiro atoms. The molecule has 5 rings (SSSR count). The number of rotatable bonds is 6. The van der Waals surface area contributed by atoms with E-state index in [1.807, 2.05) is 30.3 Å². The molecule has 2 aromatic heterocycles. The maximum atomic E-state index is 14.9. The second-order valence-corrected chi connectivity index (χ2v) is 8.62. The van der Waals surface area contributed by atoms with Gasteiger partial charge < -0.3 is 10.1 Å². The first-order valence-corrected chi connectivity index (χ1v) is 11.4. The number of halogens is 3. The second kappa shape index (κ2) is 9.75. The molecule has 1 atom stereocenters. The SMILES string of the molecule is O=C(O)Nc1ccc(Cl)c(F)c1-c1ccc(C(Cc2ccccc2)c2nc3ccc(F)cc3[nH]2)nc1. The normalized spacial score (nSPS) is 12.0. The van der Waals surface area contributed by atoms with Crippen molar-refractivity contribution < 1.29 is 18.7 Å². The van der Waals surface area contributed by atoms with Crippen LogP contribution in [-0.2, 0) is 6.42 Å². The minimum absolute atomic E-state index is 0.00257. The Balaban J connectivity index is 1.57. The molecular formula is C27H19ClF2N4O2. The summed E-state index contributed by atoms with van der Waals surface area (Å²) >= 11 is 5.96. The smallest absolute Gasteiger partial charge is 0.409 e. The number of anilines is 1. The van der Waals surface area contributed by atoms with Crippen LogP contribution in [0.3, 0.4) is 0 Å². The van der Waals surface area contributed by atoms with Crippen LogP contribution < -0.4 is 5.32 Å². The van der Waals surface area contributed by atoms with Crippen molar-refractivity contribution in [3.8, 4) is 11.1 Å². The van der Waals surface area contributed by atoms with Gasteiger partial charge in [0.15, 0.2) is 5.82 Å². The van der Waals surface area contributed by atoms with E-state index in [9.17, 15) is 13.6 Å². The molecule has 5 aromatic rings. The molecule has 0 radical (unpaired) electrons. The van der Waals surface area contributed by atoms with Crippen LogP contribution in [0, 0.1) is 11.6 Å². The minimum atomic E-state index is -1.33. The highest BCUT2D eigenvalue weighted by Gasteiger charge is 2.22. The van der Waals surface area contributed by atoms with Gasteiger partial charge in [-0.3, -0.25) is 10.3 Å². The van der Waals surface area contributed by atoms with Gasteiger partial charge in [0.05, 0.1) is 33.4 Å². The quantitative estimate of drug-likeness (QED) is 0.232. The lowest BCUT2D eigenvalue weighted by atomic mass is 9.94. The maximum Gasteiger partial charge on any atom is 0.409 e. The first-order valence-electron chi connectivity index (χ1n) is 11.0. The van der Waals surface area contributed by atoms with E-state index in [0.717, 1.165) is 5.56 Å². The Morgan fingerprint density at radius 3 is 2.58 bits per heavy atom. The summed E-state index contributed by atoms with van der Waals surface area (Å²) in [7, 11) is 0. The zero-order valence-electron chi connectivity index (χ0n) is 18.7. The fourth-order valence-corrected chi connectivity index (χ4v) is 4.33. The minimum Gasteiger partial charge on any atom is -0.465 e. The van der Waals surface area contributed by atoms with Gasteiger partial charge >= 0.3 is 6.09 Å². The Hall–Kier alpha value is -4.30. The van der Waals surface area contributed by atoms with Gasteiger partial charge in [-0.2, -0.15) is 0 Å². The van der Waals surface area contributed by atoms with Gasteiger partial charge in [-0.1, -0.05) is 48.0 Å². The number of H-pyrrole nitrogens is 1. The van der Waals surface area contributed by atoms with Crippen molar-refractivity contribution in [3.05, 3.63) is 113 Å². The Labute approximate surface area is 209 Å². The molecule has 0 aliphatic heterocycles. The molecule has 0 aliphatic carbocycles. The third-order valence-electron chi connectivity index (χ3n) is 5.84. The fraction of sp³-hybridized carbons (Fsp3) is 0.0741. The van der Waals surface area contributed by atoms with Crippen molar-refractivity contribution in [3.63, 3.8) is 0 Å². The molecule has 3 N–H and O–H groups in total. The van der Waals surface area contributed by atoms with E-state index in [1.54, 1.807) is 18.2 Å². The summed E-state index contributed by atoms with van der Waals surface area (Å²) < 4.78 is 28.7. The molecule has 3 aromatic carbocycles. The number of pyridine rings is 1. The van der Waals surface area contributed by atoms with Gasteiger partial charge in [0.2, 0.25) is 0 Å². The van der Waals surface area contributed by atoms with Crippen molar-refractivity contribution in [2.24, 2.45) is 0 Å². The van der Waals surface area contributed by atoms with Gasteiger partial charge in [0.1, 0.15) is 11.6 Å². The standard InChI is InChI=1S/C27H19ClF2N4O2/c28-19-8-11-22(34-27(35)36)24(25(19)30)16-6-9-20(31-14-16)18(12-15-4-2-1-3-5-15)26-32-21-10-7-17(29)13-23(21)33-26/h1-11,13-14,18,34H,12H2,(H,32,33)(H,35,36). The molecule has 0 fully saturated rings. The predicted octanol–water partition coefficient (Wildman–Crippen LogP) is 7.02. The Morgan fingerprint density at radius 2 is 1.86 bits per heavy atom. The molecule has 0 bridgehead atoms.